The average Bonchev–Trinajstić information content (AvgIpc) is 3.29. The predicted molar refractivity (Wildman–Crippen MR) is 124 cm³/mol. The Balaban J connectivity index is 1.89. The fourth-order valence-electron chi connectivity index (χ4n) is 3.25. The first-order valence-electron chi connectivity index (χ1n) is 10.7. The molecule has 0 saturated heterocycles. The van der Waals surface area contributed by atoms with Crippen molar-refractivity contribution in [2.45, 2.75) is 32.9 Å². The molecule has 2 heterocycles. The first kappa shape index (κ1) is 23.9. The Labute approximate surface area is 190 Å². The lowest BCUT2D eigenvalue weighted by molar-refractivity contribution is 0.0945. The molecule has 3 N–H and O–H groups in total. The molecule has 10 nitrogen and oxygen atoms in total. The van der Waals surface area contributed by atoms with E-state index in [1.54, 1.807) is 6.07 Å². The Kier molecular flexibility index (Phi) is 8.09. The van der Waals surface area contributed by atoms with Gasteiger partial charge in [0.1, 0.15) is 23.9 Å². The van der Waals surface area contributed by atoms with E-state index in [4.69, 9.17) is 19.6 Å². The molecule has 0 saturated carbocycles. The van der Waals surface area contributed by atoms with Crippen molar-refractivity contribution in [3.63, 3.8) is 0 Å². The third kappa shape index (κ3) is 5.72. The van der Waals surface area contributed by atoms with Gasteiger partial charge in [0.25, 0.3) is 11.5 Å². The van der Waals surface area contributed by atoms with Gasteiger partial charge in [0.15, 0.2) is 11.4 Å². The number of methoxy groups -OCH3 is 1. The Morgan fingerprint density at radius 1 is 1.18 bits per heavy atom. The number of nitrogens with zero attached hydrogens (tertiary/aromatic N) is 2. The van der Waals surface area contributed by atoms with Gasteiger partial charge in [0.2, 0.25) is 0 Å². The summed E-state index contributed by atoms with van der Waals surface area (Å²) < 4.78 is 17.7. The number of hydrogen-bond donors (Lipinski definition) is 2. The van der Waals surface area contributed by atoms with E-state index in [1.807, 2.05) is 37.3 Å². The largest absolute Gasteiger partial charge is 0.486 e. The van der Waals surface area contributed by atoms with Gasteiger partial charge in [-0.2, -0.15) is 0 Å². The zero-order chi connectivity index (χ0) is 23.8. The van der Waals surface area contributed by atoms with Gasteiger partial charge in [-0.3, -0.25) is 24.0 Å². The molecule has 33 heavy (non-hydrogen) atoms. The van der Waals surface area contributed by atoms with E-state index in [2.05, 4.69) is 4.98 Å². The Bertz CT molecular complexity index is 1180. The molecule has 1 amide bonds. The zero-order valence-electron chi connectivity index (χ0n) is 18.7. The summed E-state index contributed by atoms with van der Waals surface area (Å²) >= 11 is 0. The maximum atomic E-state index is 13.3. The Morgan fingerprint density at radius 2 is 1.94 bits per heavy atom. The van der Waals surface area contributed by atoms with E-state index >= 15 is 0 Å². The third-order valence-corrected chi connectivity index (χ3v) is 4.98. The number of rotatable bonds is 11. The molecule has 10 heteroatoms. The van der Waals surface area contributed by atoms with Gasteiger partial charge in [-0.25, -0.2) is 4.79 Å². The topological polar surface area (TPSA) is 133 Å². The van der Waals surface area contributed by atoms with Crippen LogP contribution in [-0.2, 0) is 17.9 Å². The molecule has 0 aliphatic heterocycles. The fourth-order valence-corrected chi connectivity index (χ4v) is 3.25. The van der Waals surface area contributed by atoms with Gasteiger partial charge in [0.05, 0.1) is 13.2 Å². The number of para-hydroxylation sites is 1. The summed E-state index contributed by atoms with van der Waals surface area (Å²) in [6.07, 6.45) is 1.51. The van der Waals surface area contributed by atoms with Crippen LogP contribution < -0.4 is 26.6 Å². The lowest BCUT2D eigenvalue weighted by Gasteiger charge is -2.23. The van der Waals surface area contributed by atoms with E-state index in [-0.39, 0.29) is 37.0 Å². The molecule has 0 spiro atoms. The molecule has 0 bridgehead atoms. The summed E-state index contributed by atoms with van der Waals surface area (Å²) in [5.41, 5.74) is 4.70. The van der Waals surface area contributed by atoms with Crippen LogP contribution in [0.15, 0.2) is 56.5 Å². The molecule has 2 aromatic heterocycles. The normalized spacial score (nSPS) is 10.8. The van der Waals surface area contributed by atoms with Crippen LogP contribution in [0.4, 0.5) is 11.5 Å². The lowest BCUT2D eigenvalue weighted by atomic mass is 10.3. The SMILES string of the molecule is CCCCn1c(N)c(N(CCOC)C(=O)c2ccc(COc3ccccc3)o2)c(=O)[nH]c1=O. The van der Waals surface area contributed by atoms with Crippen molar-refractivity contribution in [2.24, 2.45) is 0 Å². The molecule has 1 aromatic carbocycles. The van der Waals surface area contributed by atoms with E-state index in [1.165, 1.54) is 22.6 Å². The van der Waals surface area contributed by atoms with Crippen LogP contribution in [0.3, 0.4) is 0 Å². The van der Waals surface area contributed by atoms with Crippen molar-refractivity contribution in [2.75, 3.05) is 30.9 Å². The number of carbonyl (C=O) groups excluding carboxylic acids is 1. The number of hydrogen-bond acceptors (Lipinski definition) is 7. The number of benzene rings is 1. The number of ether oxygens (including phenoxy) is 2. The van der Waals surface area contributed by atoms with Crippen LogP contribution in [0.1, 0.15) is 36.1 Å². The highest BCUT2D eigenvalue weighted by molar-refractivity contribution is 6.05. The number of aromatic nitrogens is 2. The summed E-state index contributed by atoms with van der Waals surface area (Å²) in [7, 11) is 1.48. The van der Waals surface area contributed by atoms with Gasteiger partial charge in [-0.1, -0.05) is 31.5 Å². The lowest BCUT2D eigenvalue weighted by Crippen LogP contribution is -2.42. The van der Waals surface area contributed by atoms with E-state index < -0.39 is 17.2 Å². The van der Waals surface area contributed by atoms with Gasteiger partial charge in [-0.05, 0) is 30.7 Å². The highest BCUT2D eigenvalue weighted by Gasteiger charge is 2.27. The Morgan fingerprint density at radius 3 is 2.64 bits per heavy atom. The molecule has 176 valence electrons. The van der Waals surface area contributed by atoms with Gasteiger partial charge >= 0.3 is 5.69 Å². The highest BCUT2D eigenvalue weighted by atomic mass is 16.5. The van der Waals surface area contributed by atoms with Crippen molar-refractivity contribution in [3.05, 3.63) is 74.8 Å². The minimum Gasteiger partial charge on any atom is -0.486 e. The quantitative estimate of drug-likeness (QED) is 0.453. The van der Waals surface area contributed by atoms with Crippen molar-refractivity contribution in [1.82, 2.24) is 9.55 Å². The van der Waals surface area contributed by atoms with Crippen LogP contribution in [0.5, 0.6) is 5.75 Å². The first-order valence-corrected chi connectivity index (χ1v) is 10.7. The van der Waals surface area contributed by atoms with Crippen molar-refractivity contribution in [3.8, 4) is 5.75 Å². The molecule has 3 aromatic rings. The number of nitrogens with two attached hydrogens (primary N) is 1. The van der Waals surface area contributed by atoms with Crippen LogP contribution >= 0.6 is 0 Å². The molecular formula is C23H28N4O6. The number of furan rings is 1. The molecule has 0 atom stereocenters. The van der Waals surface area contributed by atoms with Gasteiger partial charge in [0, 0.05) is 13.7 Å². The number of nitrogens with one attached hydrogen (secondary N) is 1. The molecular weight excluding hydrogens is 428 g/mol. The van der Waals surface area contributed by atoms with E-state index in [0.29, 0.717) is 24.5 Å². The van der Waals surface area contributed by atoms with Gasteiger partial charge < -0.3 is 19.6 Å². The molecule has 0 aliphatic rings. The number of nitrogen functional groups attached to an aromatic ring is 1. The second-order valence-corrected chi connectivity index (χ2v) is 7.32. The Hall–Kier alpha value is -3.79. The highest BCUT2D eigenvalue weighted by Crippen LogP contribution is 2.21. The number of H-pyrrole nitrogens is 1. The van der Waals surface area contributed by atoms with Gasteiger partial charge in [-0.15, -0.1) is 0 Å². The third-order valence-electron chi connectivity index (χ3n) is 4.98. The summed E-state index contributed by atoms with van der Waals surface area (Å²) in [5.74, 6) is 0.431. The zero-order valence-corrected chi connectivity index (χ0v) is 18.7. The van der Waals surface area contributed by atoms with Crippen LogP contribution in [0.25, 0.3) is 0 Å². The van der Waals surface area contributed by atoms with Crippen molar-refractivity contribution >= 4 is 17.4 Å². The summed E-state index contributed by atoms with van der Waals surface area (Å²) in [4.78, 5) is 41.6. The maximum Gasteiger partial charge on any atom is 0.330 e. The van der Waals surface area contributed by atoms with Crippen LogP contribution in [-0.4, -0.2) is 35.7 Å². The smallest absolute Gasteiger partial charge is 0.330 e. The minimum absolute atomic E-state index is 0.00266. The average molecular weight is 456 g/mol. The summed E-state index contributed by atoms with van der Waals surface area (Å²) in [6.45, 7) is 2.59. The van der Waals surface area contributed by atoms with Crippen molar-refractivity contribution in [1.29, 1.82) is 0 Å². The number of anilines is 2. The number of amides is 1. The predicted octanol–water partition coefficient (Wildman–Crippen LogP) is 2.38. The summed E-state index contributed by atoms with van der Waals surface area (Å²) in [6, 6.07) is 12.3. The van der Waals surface area contributed by atoms with Crippen LogP contribution in [0, 0.1) is 0 Å². The number of aromatic amines is 1. The molecule has 0 aliphatic carbocycles. The van der Waals surface area contributed by atoms with Crippen molar-refractivity contribution < 1.29 is 18.7 Å². The standard InChI is InChI=1S/C23H28N4O6/c1-3-4-12-27-20(24)19(21(28)25-23(27)30)26(13-14-31-2)22(29)18-11-10-17(33-18)15-32-16-8-6-5-7-9-16/h5-11H,3-4,12-15,24H2,1-2H3,(H,25,28,30). The summed E-state index contributed by atoms with van der Waals surface area (Å²) in [5, 5.41) is 0. The minimum atomic E-state index is -0.756. The monoisotopic (exact) mass is 456 g/mol. The number of unbranched alkanes of at least 4 members (excludes halogenated alkanes) is 1. The second-order valence-electron chi connectivity index (χ2n) is 7.32. The fraction of sp³-hybridized carbons (Fsp3) is 0.348. The molecule has 3 rings (SSSR count). The maximum absolute atomic E-state index is 13.3. The molecule has 0 fully saturated rings. The molecule has 0 unspecified atom stereocenters. The van der Waals surface area contributed by atoms with E-state index in [0.717, 1.165) is 6.42 Å². The van der Waals surface area contributed by atoms with E-state index in [9.17, 15) is 14.4 Å². The molecule has 0 radical (unpaired) electrons. The van der Waals surface area contributed by atoms with Crippen LogP contribution in [0.2, 0.25) is 0 Å². The second kappa shape index (κ2) is 11.2. The first-order chi connectivity index (χ1) is 16.0. The number of carbonyl (C=O) groups is 1.